The molecule has 23 heavy (non-hydrogen) atoms. The maximum Gasteiger partial charge on any atom is 0.416 e. The molecule has 0 aliphatic rings. The minimum Gasteiger partial charge on any atom is -0.468 e. The Morgan fingerprint density at radius 1 is 1.43 bits per heavy atom. The number of carbonyl (C=O) groups is 1. The summed E-state index contributed by atoms with van der Waals surface area (Å²) in [6, 6.07) is 3.34. The van der Waals surface area contributed by atoms with E-state index in [4.69, 9.17) is 0 Å². The molecule has 0 aliphatic carbocycles. The van der Waals surface area contributed by atoms with Crippen LogP contribution >= 0.6 is 7.60 Å². The zero-order chi connectivity index (χ0) is 17.7. The van der Waals surface area contributed by atoms with Crippen molar-refractivity contribution in [3.63, 3.8) is 0 Å². The molecule has 0 aliphatic heterocycles. The van der Waals surface area contributed by atoms with E-state index in [1.54, 1.807) is 0 Å². The van der Waals surface area contributed by atoms with E-state index >= 15 is 0 Å². The van der Waals surface area contributed by atoms with Crippen molar-refractivity contribution in [2.75, 3.05) is 13.7 Å². The Morgan fingerprint density at radius 3 is 2.65 bits per heavy atom. The molecule has 0 radical (unpaired) electrons. The van der Waals surface area contributed by atoms with Gasteiger partial charge in [-0.2, -0.15) is 13.2 Å². The van der Waals surface area contributed by atoms with E-state index in [1.807, 2.05) is 5.32 Å². The molecule has 2 unspecified atom stereocenters. The van der Waals surface area contributed by atoms with Crippen molar-refractivity contribution in [1.29, 1.82) is 0 Å². The zero-order valence-corrected chi connectivity index (χ0v) is 12.5. The SMILES string of the molecule is COC(=O)CNC(O)P(=O)(O)OOc1cccc(C(F)(F)F)c1. The van der Waals surface area contributed by atoms with Gasteiger partial charge in [-0.3, -0.25) is 14.7 Å². The number of carbonyl (C=O) groups excluding carboxylic acids is 1. The summed E-state index contributed by atoms with van der Waals surface area (Å²) < 4.78 is 57.4. The van der Waals surface area contributed by atoms with Crippen LogP contribution in [0, 0.1) is 0 Å². The molecular formula is C11H13F3NO7P. The molecule has 1 aromatic carbocycles. The van der Waals surface area contributed by atoms with E-state index in [1.165, 1.54) is 0 Å². The van der Waals surface area contributed by atoms with Gasteiger partial charge in [-0.1, -0.05) is 10.7 Å². The molecule has 2 atom stereocenters. The van der Waals surface area contributed by atoms with Crippen molar-refractivity contribution in [2.24, 2.45) is 0 Å². The van der Waals surface area contributed by atoms with Crippen LogP contribution in [-0.4, -0.2) is 35.6 Å². The third-order valence-electron chi connectivity index (χ3n) is 2.37. The number of aliphatic hydroxyl groups excluding tert-OH is 1. The molecule has 0 amide bonds. The molecule has 0 saturated carbocycles. The summed E-state index contributed by atoms with van der Waals surface area (Å²) in [7, 11) is -3.78. The van der Waals surface area contributed by atoms with Gasteiger partial charge in [0.1, 0.15) is 0 Å². The fourth-order valence-corrected chi connectivity index (χ4v) is 1.82. The minimum absolute atomic E-state index is 0.505. The lowest BCUT2D eigenvalue weighted by atomic mass is 10.2. The van der Waals surface area contributed by atoms with Crippen LogP contribution in [0.15, 0.2) is 24.3 Å². The number of nitrogens with one attached hydrogen (secondary N) is 1. The zero-order valence-electron chi connectivity index (χ0n) is 11.6. The van der Waals surface area contributed by atoms with Crippen LogP contribution < -0.4 is 10.2 Å². The molecule has 130 valence electrons. The first-order valence-corrected chi connectivity index (χ1v) is 7.55. The summed E-state index contributed by atoms with van der Waals surface area (Å²) in [5.41, 5.74) is -1.06. The van der Waals surface area contributed by atoms with Gasteiger partial charge in [-0.25, -0.2) is 0 Å². The predicted octanol–water partition coefficient (Wildman–Crippen LogP) is 1.24. The lowest BCUT2D eigenvalue weighted by molar-refractivity contribution is -0.140. The van der Waals surface area contributed by atoms with E-state index in [-0.39, 0.29) is 0 Å². The minimum atomic E-state index is -4.84. The second-order valence-corrected chi connectivity index (χ2v) is 5.84. The number of aliphatic hydroxyl groups is 1. The van der Waals surface area contributed by atoms with Crippen molar-refractivity contribution in [3.05, 3.63) is 29.8 Å². The van der Waals surface area contributed by atoms with Gasteiger partial charge in [0, 0.05) is 0 Å². The van der Waals surface area contributed by atoms with Crippen LogP contribution in [0.2, 0.25) is 0 Å². The number of benzene rings is 1. The lowest BCUT2D eigenvalue weighted by Gasteiger charge is -2.17. The van der Waals surface area contributed by atoms with Crippen LogP contribution in [0.25, 0.3) is 0 Å². The monoisotopic (exact) mass is 359 g/mol. The number of hydrogen-bond donors (Lipinski definition) is 3. The van der Waals surface area contributed by atoms with Gasteiger partial charge < -0.3 is 19.6 Å². The molecule has 12 heteroatoms. The Labute approximate surface area is 128 Å². The second kappa shape index (κ2) is 7.75. The first-order valence-electron chi connectivity index (χ1n) is 5.90. The fourth-order valence-electron chi connectivity index (χ4n) is 1.22. The number of rotatable bonds is 7. The lowest BCUT2D eigenvalue weighted by Crippen LogP contribution is -2.34. The third-order valence-corrected chi connectivity index (χ3v) is 3.46. The van der Waals surface area contributed by atoms with Crippen LogP contribution in [0.4, 0.5) is 13.2 Å². The molecule has 0 spiro atoms. The van der Waals surface area contributed by atoms with Crippen LogP contribution in [0.3, 0.4) is 0 Å². The van der Waals surface area contributed by atoms with E-state index in [9.17, 15) is 32.5 Å². The Bertz CT molecular complexity index is 595. The van der Waals surface area contributed by atoms with Crippen LogP contribution in [0.1, 0.15) is 5.56 Å². The molecule has 0 fully saturated rings. The Kier molecular flexibility index (Phi) is 6.54. The molecular weight excluding hydrogens is 346 g/mol. The van der Waals surface area contributed by atoms with Gasteiger partial charge in [-0.15, -0.1) is 0 Å². The highest BCUT2D eigenvalue weighted by Crippen LogP contribution is 2.45. The van der Waals surface area contributed by atoms with Gasteiger partial charge in [0.25, 0.3) is 0 Å². The average molecular weight is 359 g/mol. The topological polar surface area (TPSA) is 114 Å². The first-order chi connectivity index (χ1) is 10.6. The normalized spacial score (nSPS) is 15.6. The summed E-state index contributed by atoms with van der Waals surface area (Å²) in [6.07, 6.45) is -4.64. The van der Waals surface area contributed by atoms with E-state index in [0.29, 0.717) is 6.07 Å². The van der Waals surface area contributed by atoms with Crippen LogP contribution in [-0.2, 0) is 24.9 Å². The Morgan fingerprint density at radius 2 is 2.09 bits per heavy atom. The van der Waals surface area contributed by atoms with Crippen molar-refractivity contribution < 1.29 is 46.8 Å². The number of methoxy groups -OCH3 is 1. The number of ether oxygens (including phenoxy) is 1. The highest BCUT2D eigenvalue weighted by atomic mass is 31.2. The number of alkyl halides is 3. The molecule has 8 nitrogen and oxygen atoms in total. The maximum atomic E-state index is 12.5. The van der Waals surface area contributed by atoms with Crippen molar-refractivity contribution in [3.8, 4) is 5.75 Å². The molecule has 1 rings (SSSR count). The summed E-state index contributed by atoms with van der Waals surface area (Å²) in [5.74, 6) is -3.55. The molecule has 0 bridgehead atoms. The third kappa shape index (κ3) is 6.16. The Balaban J connectivity index is 2.65. The van der Waals surface area contributed by atoms with E-state index in [0.717, 1.165) is 25.3 Å². The van der Waals surface area contributed by atoms with Crippen molar-refractivity contribution in [2.45, 2.75) is 12.1 Å². The number of halogens is 3. The van der Waals surface area contributed by atoms with Gasteiger partial charge in [0.15, 0.2) is 5.75 Å². The Hall–Kier alpha value is -1.65. The van der Waals surface area contributed by atoms with Crippen molar-refractivity contribution in [1.82, 2.24) is 5.32 Å². The van der Waals surface area contributed by atoms with Crippen LogP contribution in [0.5, 0.6) is 5.75 Å². The largest absolute Gasteiger partial charge is 0.468 e. The maximum absolute atomic E-state index is 12.5. The van der Waals surface area contributed by atoms with Gasteiger partial charge in [0.2, 0.25) is 5.97 Å². The number of esters is 1. The quantitative estimate of drug-likeness (QED) is 0.219. The summed E-state index contributed by atoms with van der Waals surface area (Å²) >= 11 is 0. The summed E-state index contributed by atoms with van der Waals surface area (Å²) in [4.78, 5) is 24.5. The molecule has 0 heterocycles. The van der Waals surface area contributed by atoms with E-state index < -0.39 is 43.6 Å². The molecule has 0 aromatic heterocycles. The van der Waals surface area contributed by atoms with Crippen molar-refractivity contribution >= 4 is 13.6 Å². The smallest absolute Gasteiger partial charge is 0.416 e. The highest BCUT2D eigenvalue weighted by Gasteiger charge is 2.34. The van der Waals surface area contributed by atoms with E-state index in [2.05, 4.69) is 14.3 Å². The predicted molar refractivity (Wildman–Crippen MR) is 69.0 cm³/mol. The second-order valence-electron chi connectivity index (χ2n) is 4.08. The highest BCUT2D eigenvalue weighted by molar-refractivity contribution is 7.53. The summed E-state index contributed by atoms with van der Waals surface area (Å²) in [5, 5.41) is 11.3. The first kappa shape index (κ1) is 19.4. The molecule has 0 saturated heterocycles. The van der Waals surface area contributed by atoms with Gasteiger partial charge in [-0.05, 0) is 18.2 Å². The standard InChI is InChI=1S/C11H13F3NO7P/c1-20-9(16)6-15-10(17)23(18,19)22-21-8-4-2-3-7(5-8)11(12,13)14/h2-5,10,15,17H,6H2,1H3,(H,18,19). The summed E-state index contributed by atoms with van der Waals surface area (Å²) in [6.45, 7) is -0.602. The average Bonchev–Trinajstić information content (AvgIpc) is 2.49. The van der Waals surface area contributed by atoms with Gasteiger partial charge >= 0.3 is 19.7 Å². The fraction of sp³-hybridized carbons (Fsp3) is 0.364. The van der Waals surface area contributed by atoms with Gasteiger partial charge in [0.05, 0.1) is 19.2 Å². The number of hydrogen-bond acceptors (Lipinski definition) is 7. The molecule has 1 aromatic rings. The molecule has 3 N–H and O–H groups in total.